The Balaban J connectivity index is 1.58. The second kappa shape index (κ2) is 9.26. The molecule has 0 spiro atoms. The van der Waals surface area contributed by atoms with Gasteiger partial charge in [-0.05, 0) is 37.9 Å². The van der Waals surface area contributed by atoms with Crippen LogP contribution in [0.5, 0.6) is 0 Å². The van der Waals surface area contributed by atoms with Gasteiger partial charge in [0, 0.05) is 31.9 Å². The molecule has 5 nitrogen and oxygen atoms in total. The molecule has 0 bridgehead atoms. The predicted molar refractivity (Wildman–Crippen MR) is 86.1 cm³/mol. The molecule has 6 heteroatoms. The quantitative estimate of drug-likeness (QED) is 0.468. The van der Waals surface area contributed by atoms with Crippen molar-refractivity contribution in [2.75, 3.05) is 39.4 Å². The maximum Gasteiger partial charge on any atom is 0.186 e. The van der Waals surface area contributed by atoms with Crippen LogP contribution in [-0.4, -0.2) is 55.1 Å². The maximum atomic E-state index is 5.33. The fourth-order valence-electron chi connectivity index (χ4n) is 2.57. The van der Waals surface area contributed by atoms with Crippen LogP contribution in [0.2, 0.25) is 0 Å². The van der Waals surface area contributed by atoms with Gasteiger partial charge in [-0.25, -0.2) is 0 Å². The highest BCUT2D eigenvalue weighted by Gasteiger charge is 2.09. The molecule has 2 aliphatic rings. The monoisotopic (exact) mass is 298 g/mol. The molecule has 2 fully saturated rings. The van der Waals surface area contributed by atoms with Crippen LogP contribution in [0.3, 0.4) is 0 Å². The number of hydrogen-bond donors (Lipinski definition) is 2. The first-order valence-electron chi connectivity index (χ1n) is 7.74. The molecule has 0 radical (unpaired) electrons. The van der Waals surface area contributed by atoms with E-state index in [1.807, 2.05) is 0 Å². The normalized spacial score (nSPS) is 21.1. The SMILES string of the molecule is S=C(NCCN1CCOCC1)NN=C1CCCCCC1. The Morgan fingerprint density at radius 1 is 1.15 bits per heavy atom. The molecule has 2 N–H and O–H groups in total. The maximum absolute atomic E-state index is 5.33. The number of ether oxygens (including phenoxy) is 1. The minimum absolute atomic E-state index is 0.634. The minimum atomic E-state index is 0.634. The van der Waals surface area contributed by atoms with Gasteiger partial charge >= 0.3 is 0 Å². The summed E-state index contributed by atoms with van der Waals surface area (Å²) in [7, 11) is 0. The molecule has 1 heterocycles. The fourth-order valence-corrected chi connectivity index (χ4v) is 2.72. The van der Waals surface area contributed by atoms with E-state index in [-0.39, 0.29) is 0 Å². The summed E-state index contributed by atoms with van der Waals surface area (Å²) in [5, 5.41) is 8.29. The molecule has 1 aliphatic carbocycles. The number of nitrogens with one attached hydrogen (secondary N) is 2. The van der Waals surface area contributed by atoms with E-state index < -0.39 is 0 Å². The Hall–Kier alpha value is -0.720. The molecule has 20 heavy (non-hydrogen) atoms. The van der Waals surface area contributed by atoms with Crippen molar-refractivity contribution >= 4 is 23.0 Å². The van der Waals surface area contributed by atoms with E-state index in [9.17, 15) is 0 Å². The van der Waals surface area contributed by atoms with Crippen molar-refractivity contribution < 1.29 is 4.74 Å². The Labute approximate surface area is 127 Å². The van der Waals surface area contributed by atoms with Gasteiger partial charge in [-0.3, -0.25) is 10.3 Å². The number of thiocarbonyl (C=S) groups is 1. The number of hydrazone groups is 1. The summed E-state index contributed by atoms with van der Waals surface area (Å²) in [4.78, 5) is 2.39. The lowest BCUT2D eigenvalue weighted by Crippen LogP contribution is -2.42. The predicted octanol–water partition coefficient (Wildman–Crippen LogP) is 1.49. The average molecular weight is 298 g/mol. The second-order valence-corrected chi connectivity index (χ2v) is 5.82. The molecule has 2 rings (SSSR count). The van der Waals surface area contributed by atoms with Gasteiger partial charge in [0.05, 0.1) is 13.2 Å². The first-order valence-corrected chi connectivity index (χ1v) is 8.15. The lowest BCUT2D eigenvalue weighted by Gasteiger charge is -2.26. The van der Waals surface area contributed by atoms with E-state index >= 15 is 0 Å². The van der Waals surface area contributed by atoms with Gasteiger partial charge in [0.15, 0.2) is 5.11 Å². The van der Waals surface area contributed by atoms with Crippen LogP contribution >= 0.6 is 12.2 Å². The van der Waals surface area contributed by atoms with Gasteiger partial charge in [-0.15, -0.1) is 0 Å². The summed E-state index contributed by atoms with van der Waals surface area (Å²) < 4.78 is 5.33. The lowest BCUT2D eigenvalue weighted by molar-refractivity contribution is 0.0389. The first-order chi connectivity index (χ1) is 9.84. The molecule has 1 saturated carbocycles. The van der Waals surface area contributed by atoms with Gasteiger partial charge in [-0.2, -0.15) is 5.10 Å². The van der Waals surface area contributed by atoms with Crippen LogP contribution < -0.4 is 10.7 Å². The topological polar surface area (TPSA) is 48.9 Å². The highest BCUT2D eigenvalue weighted by molar-refractivity contribution is 7.80. The van der Waals surface area contributed by atoms with E-state index in [0.29, 0.717) is 5.11 Å². The van der Waals surface area contributed by atoms with Crippen molar-refractivity contribution in [2.24, 2.45) is 5.10 Å². The van der Waals surface area contributed by atoms with E-state index in [1.54, 1.807) is 0 Å². The zero-order valence-electron chi connectivity index (χ0n) is 12.2. The molecule has 0 aromatic carbocycles. The Morgan fingerprint density at radius 3 is 2.55 bits per heavy atom. The van der Waals surface area contributed by atoms with Crippen LogP contribution in [0.15, 0.2) is 5.10 Å². The summed E-state index contributed by atoms with van der Waals surface area (Å²) in [5.74, 6) is 0. The molecular weight excluding hydrogens is 272 g/mol. The third-order valence-electron chi connectivity index (χ3n) is 3.81. The van der Waals surface area contributed by atoms with Gasteiger partial charge < -0.3 is 10.1 Å². The molecule has 0 amide bonds. The molecular formula is C14H26N4OS. The molecule has 1 aliphatic heterocycles. The van der Waals surface area contributed by atoms with Gasteiger partial charge in [0.2, 0.25) is 0 Å². The van der Waals surface area contributed by atoms with Gasteiger partial charge in [-0.1, -0.05) is 12.8 Å². The molecule has 0 aromatic heterocycles. The summed E-state index contributed by atoms with van der Waals surface area (Å²) >= 11 is 5.25. The molecule has 0 atom stereocenters. The summed E-state index contributed by atoms with van der Waals surface area (Å²) in [6.45, 7) is 5.58. The Kier molecular flexibility index (Phi) is 7.25. The van der Waals surface area contributed by atoms with Crippen LogP contribution in [-0.2, 0) is 4.74 Å². The smallest absolute Gasteiger partial charge is 0.186 e. The standard InChI is InChI=1S/C14H26N4OS/c20-14(15-7-8-18-9-11-19-12-10-18)17-16-13-5-3-1-2-4-6-13/h1-12H2,(H2,15,17,20). The minimum Gasteiger partial charge on any atom is -0.379 e. The summed E-state index contributed by atoms with van der Waals surface area (Å²) in [5.41, 5.74) is 4.25. The number of nitrogens with zero attached hydrogens (tertiary/aromatic N) is 2. The average Bonchev–Trinajstić information content (AvgIpc) is 2.75. The van der Waals surface area contributed by atoms with Gasteiger partial charge in [0.1, 0.15) is 0 Å². The zero-order valence-corrected chi connectivity index (χ0v) is 13.0. The Morgan fingerprint density at radius 2 is 1.85 bits per heavy atom. The van der Waals surface area contributed by atoms with Crippen molar-refractivity contribution in [3.05, 3.63) is 0 Å². The summed E-state index contributed by atoms with van der Waals surface area (Å²) in [6.07, 6.45) is 7.42. The lowest BCUT2D eigenvalue weighted by atomic mass is 10.2. The summed E-state index contributed by atoms with van der Waals surface area (Å²) in [6, 6.07) is 0. The molecule has 0 aromatic rings. The molecule has 0 unspecified atom stereocenters. The van der Waals surface area contributed by atoms with E-state index in [4.69, 9.17) is 17.0 Å². The van der Waals surface area contributed by atoms with Crippen molar-refractivity contribution in [2.45, 2.75) is 38.5 Å². The van der Waals surface area contributed by atoms with Crippen LogP contribution in [0.4, 0.5) is 0 Å². The van der Waals surface area contributed by atoms with Gasteiger partial charge in [0.25, 0.3) is 0 Å². The van der Waals surface area contributed by atoms with Crippen molar-refractivity contribution in [1.82, 2.24) is 15.6 Å². The third-order valence-corrected chi connectivity index (χ3v) is 4.05. The molecule has 1 saturated heterocycles. The van der Waals surface area contributed by atoms with Crippen molar-refractivity contribution in [3.8, 4) is 0 Å². The second-order valence-electron chi connectivity index (χ2n) is 5.41. The van der Waals surface area contributed by atoms with Crippen LogP contribution in [0.1, 0.15) is 38.5 Å². The Bertz CT molecular complexity index is 319. The molecule has 114 valence electrons. The largest absolute Gasteiger partial charge is 0.379 e. The third kappa shape index (κ3) is 6.15. The number of rotatable bonds is 4. The highest BCUT2D eigenvalue weighted by atomic mass is 32.1. The van der Waals surface area contributed by atoms with Crippen molar-refractivity contribution in [1.29, 1.82) is 0 Å². The van der Waals surface area contributed by atoms with Crippen molar-refractivity contribution in [3.63, 3.8) is 0 Å². The van der Waals surface area contributed by atoms with Crippen LogP contribution in [0, 0.1) is 0 Å². The highest BCUT2D eigenvalue weighted by Crippen LogP contribution is 2.14. The van der Waals surface area contributed by atoms with E-state index in [1.165, 1.54) is 31.4 Å². The zero-order chi connectivity index (χ0) is 14.0. The number of hydrogen-bond acceptors (Lipinski definition) is 4. The van der Waals surface area contributed by atoms with E-state index in [0.717, 1.165) is 52.2 Å². The fraction of sp³-hybridized carbons (Fsp3) is 0.857. The first kappa shape index (κ1) is 15.7. The van der Waals surface area contributed by atoms with E-state index in [2.05, 4.69) is 20.7 Å². The number of morpholine rings is 1. The van der Waals surface area contributed by atoms with Crippen LogP contribution in [0.25, 0.3) is 0 Å².